The van der Waals surface area contributed by atoms with Crippen molar-refractivity contribution in [3.63, 3.8) is 0 Å². The Morgan fingerprint density at radius 2 is 2.33 bits per heavy atom. The fourth-order valence-corrected chi connectivity index (χ4v) is 2.45. The molecule has 0 aromatic heterocycles. The van der Waals surface area contributed by atoms with Crippen molar-refractivity contribution in [2.75, 3.05) is 6.54 Å². The highest BCUT2D eigenvalue weighted by molar-refractivity contribution is 9.10. The quantitative estimate of drug-likeness (QED) is 0.614. The summed E-state index contributed by atoms with van der Waals surface area (Å²) in [6, 6.07) is 5.19. The van der Waals surface area contributed by atoms with E-state index in [1.807, 2.05) is 6.07 Å². The molecule has 3 nitrogen and oxygen atoms in total. The van der Waals surface area contributed by atoms with Crippen molar-refractivity contribution in [3.8, 4) is 0 Å². The Bertz CT molecular complexity index is 424. The second kappa shape index (κ2) is 3.56. The van der Waals surface area contributed by atoms with Gasteiger partial charge in [-0.1, -0.05) is 22.0 Å². The van der Waals surface area contributed by atoms with Crippen LogP contribution in [0.4, 0.5) is 4.39 Å². The molecule has 1 aliphatic carbocycles. The van der Waals surface area contributed by atoms with Crippen LogP contribution in [-0.2, 0) is 12.1 Å². The molecule has 0 saturated heterocycles. The normalized spacial score (nSPS) is 23.9. The van der Waals surface area contributed by atoms with Gasteiger partial charge >= 0.3 is 0 Å². The van der Waals surface area contributed by atoms with Gasteiger partial charge in [0.25, 0.3) is 0 Å². The predicted octanol–water partition coefficient (Wildman–Crippen LogP) is 2.84. The van der Waals surface area contributed by atoms with Gasteiger partial charge in [0.2, 0.25) is 6.54 Å². The molecule has 1 unspecified atom stereocenters. The Balaban J connectivity index is 2.39. The molecule has 15 heavy (non-hydrogen) atoms. The summed E-state index contributed by atoms with van der Waals surface area (Å²) in [5.41, 5.74) is -0.435. The van der Waals surface area contributed by atoms with Crippen molar-refractivity contribution < 1.29 is 9.31 Å². The molecule has 0 heterocycles. The maximum absolute atomic E-state index is 14.2. The molecule has 0 spiro atoms. The number of nitro groups is 1. The Morgan fingerprint density at radius 3 is 3.00 bits per heavy atom. The molecule has 0 aliphatic heterocycles. The highest BCUT2D eigenvalue weighted by Gasteiger charge is 2.43. The minimum Gasteiger partial charge on any atom is -0.264 e. The Hall–Kier alpha value is -0.970. The summed E-state index contributed by atoms with van der Waals surface area (Å²) in [6.07, 6.45) is 0.777. The molecular formula is C10H9BrFNO2. The number of aryl methyl sites for hydroxylation is 1. The molecule has 1 aromatic carbocycles. The number of alkyl halides is 1. The Labute approximate surface area is 94.6 Å². The van der Waals surface area contributed by atoms with Gasteiger partial charge in [0.1, 0.15) is 0 Å². The molecule has 0 fully saturated rings. The SMILES string of the molecule is O=[N+]([O-])CC1(F)CCc2cc(Br)ccc21. The lowest BCUT2D eigenvalue weighted by molar-refractivity contribution is -0.498. The molecule has 2 rings (SSSR count). The molecule has 80 valence electrons. The van der Waals surface area contributed by atoms with E-state index < -0.39 is 17.1 Å². The van der Waals surface area contributed by atoms with Gasteiger partial charge in [0.15, 0.2) is 5.67 Å². The van der Waals surface area contributed by atoms with E-state index in [1.165, 1.54) is 0 Å². The van der Waals surface area contributed by atoms with E-state index in [1.54, 1.807) is 12.1 Å². The largest absolute Gasteiger partial charge is 0.264 e. The van der Waals surface area contributed by atoms with Crippen LogP contribution in [0.15, 0.2) is 22.7 Å². The molecule has 0 saturated carbocycles. The maximum atomic E-state index is 14.2. The van der Waals surface area contributed by atoms with Crippen molar-refractivity contribution in [2.45, 2.75) is 18.5 Å². The summed E-state index contributed by atoms with van der Waals surface area (Å²) >= 11 is 3.30. The molecular weight excluding hydrogens is 265 g/mol. The predicted molar refractivity (Wildman–Crippen MR) is 57.1 cm³/mol. The summed E-state index contributed by atoms with van der Waals surface area (Å²) in [6.45, 7) is -0.637. The lowest BCUT2D eigenvalue weighted by Gasteiger charge is -2.15. The molecule has 0 radical (unpaired) electrons. The van der Waals surface area contributed by atoms with Crippen LogP contribution in [0.5, 0.6) is 0 Å². The van der Waals surface area contributed by atoms with Crippen molar-refractivity contribution in [1.82, 2.24) is 0 Å². The van der Waals surface area contributed by atoms with Gasteiger partial charge in [0.05, 0.1) is 0 Å². The zero-order chi connectivity index (χ0) is 11.1. The van der Waals surface area contributed by atoms with Crippen LogP contribution in [0, 0.1) is 10.1 Å². The molecule has 0 amide bonds. The third-order valence-corrected chi connectivity index (χ3v) is 3.21. The summed E-state index contributed by atoms with van der Waals surface area (Å²) < 4.78 is 15.1. The van der Waals surface area contributed by atoms with Crippen LogP contribution in [-0.4, -0.2) is 11.5 Å². The van der Waals surface area contributed by atoms with Crippen molar-refractivity contribution in [3.05, 3.63) is 43.9 Å². The number of nitrogens with zero attached hydrogens (tertiary/aromatic N) is 1. The number of hydrogen-bond acceptors (Lipinski definition) is 2. The van der Waals surface area contributed by atoms with Crippen LogP contribution in [0.1, 0.15) is 17.5 Å². The molecule has 5 heteroatoms. The molecule has 1 atom stereocenters. The number of halogens is 2. The first-order valence-electron chi connectivity index (χ1n) is 4.61. The van der Waals surface area contributed by atoms with E-state index in [9.17, 15) is 14.5 Å². The van der Waals surface area contributed by atoms with E-state index in [0.717, 1.165) is 10.0 Å². The first kappa shape index (κ1) is 10.5. The lowest BCUT2D eigenvalue weighted by Crippen LogP contribution is -2.26. The van der Waals surface area contributed by atoms with E-state index in [-0.39, 0.29) is 6.42 Å². The standard InChI is InChI=1S/C10H9BrFNO2/c11-8-1-2-9-7(5-8)3-4-10(9,12)6-13(14)15/h1-2,5H,3-4,6H2. The summed E-state index contributed by atoms with van der Waals surface area (Å²) in [4.78, 5) is 9.81. The maximum Gasteiger partial charge on any atom is 0.241 e. The van der Waals surface area contributed by atoms with Gasteiger partial charge in [-0.2, -0.15) is 0 Å². The second-order valence-electron chi connectivity index (χ2n) is 3.76. The summed E-state index contributed by atoms with van der Waals surface area (Å²) in [5, 5.41) is 10.4. The van der Waals surface area contributed by atoms with E-state index in [2.05, 4.69) is 15.9 Å². The third kappa shape index (κ3) is 1.88. The fourth-order valence-electron chi connectivity index (χ4n) is 2.04. The highest BCUT2D eigenvalue weighted by Crippen LogP contribution is 2.41. The minimum atomic E-state index is -1.78. The first-order valence-corrected chi connectivity index (χ1v) is 5.40. The van der Waals surface area contributed by atoms with E-state index in [4.69, 9.17) is 0 Å². The van der Waals surface area contributed by atoms with Crippen LogP contribution in [0.25, 0.3) is 0 Å². The zero-order valence-electron chi connectivity index (χ0n) is 7.87. The molecule has 0 bridgehead atoms. The average Bonchev–Trinajstić information content (AvgIpc) is 2.42. The Morgan fingerprint density at radius 1 is 1.60 bits per heavy atom. The zero-order valence-corrected chi connectivity index (χ0v) is 9.46. The van der Waals surface area contributed by atoms with Crippen LogP contribution >= 0.6 is 15.9 Å². The van der Waals surface area contributed by atoms with Gasteiger partial charge in [-0.15, -0.1) is 0 Å². The van der Waals surface area contributed by atoms with Gasteiger partial charge < -0.3 is 0 Å². The van der Waals surface area contributed by atoms with Gasteiger partial charge in [-0.3, -0.25) is 10.1 Å². The van der Waals surface area contributed by atoms with Crippen molar-refractivity contribution >= 4 is 15.9 Å². The van der Waals surface area contributed by atoms with E-state index in [0.29, 0.717) is 12.0 Å². The molecule has 1 aliphatic rings. The van der Waals surface area contributed by atoms with Gasteiger partial charge in [-0.05, 0) is 36.1 Å². The molecule has 0 N–H and O–H groups in total. The first-order chi connectivity index (χ1) is 7.01. The number of fused-ring (bicyclic) bond motifs is 1. The van der Waals surface area contributed by atoms with Gasteiger partial charge in [-0.25, -0.2) is 4.39 Å². The lowest BCUT2D eigenvalue weighted by atomic mass is 9.98. The summed E-state index contributed by atoms with van der Waals surface area (Å²) in [7, 11) is 0. The van der Waals surface area contributed by atoms with E-state index >= 15 is 0 Å². The van der Waals surface area contributed by atoms with Crippen LogP contribution in [0.2, 0.25) is 0 Å². The molecule has 1 aromatic rings. The van der Waals surface area contributed by atoms with Crippen molar-refractivity contribution in [2.24, 2.45) is 0 Å². The van der Waals surface area contributed by atoms with Crippen molar-refractivity contribution in [1.29, 1.82) is 0 Å². The van der Waals surface area contributed by atoms with Crippen LogP contribution < -0.4 is 0 Å². The summed E-state index contributed by atoms with van der Waals surface area (Å²) in [5.74, 6) is 0. The number of benzene rings is 1. The topological polar surface area (TPSA) is 43.1 Å². The Kier molecular flexibility index (Phi) is 2.50. The number of rotatable bonds is 2. The smallest absolute Gasteiger partial charge is 0.241 e. The van der Waals surface area contributed by atoms with Crippen LogP contribution in [0.3, 0.4) is 0 Å². The van der Waals surface area contributed by atoms with Gasteiger partial charge in [0, 0.05) is 9.40 Å². The minimum absolute atomic E-state index is 0.208. The number of hydrogen-bond donors (Lipinski definition) is 0. The second-order valence-corrected chi connectivity index (χ2v) is 4.67. The monoisotopic (exact) mass is 273 g/mol. The highest BCUT2D eigenvalue weighted by atomic mass is 79.9. The third-order valence-electron chi connectivity index (χ3n) is 2.72. The average molecular weight is 274 g/mol. The fraction of sp³-hybridized carbons (Fsp3) is 0.400.